The van der Waals surface area contributed by atoms with Crippen molar-refractivity contribution in [1.29, 1.82) is 5.26 Å². The quantitative estimate of drug-likeness (QED) is 0.732. The molecule has 0 aliphatic heterocycles. The van der Waals surface area contributed by atoms with Crippen LogP contribution >= 0.6 is 11.6 Å². The fourth-order valence-corrected chi connectivity index (χ4v) is 1.36. The third-order valence-corrected chi connectivity index (χ3v) is 2.01. The van der Waals surface area contributed by atoms with Gasteiger partial charge in [-0.15, -0.1) is 5.10 Å². The Balaban J connectivity index is 2.60. The molecule has 0 bridgehead atoms. The van der Waals surface area contributed by atoms with Crippen LogP contribution in [0.25, 0.3) is 11.3 Å². The number of aromatic nitrogens is 3. The lowest BCUT2D eigenvalue weighted by atomic mass is 10.1. The van der Waals surface area contributed by atoms with Gasteiger partial charge < -0.3 is 0 Å². The molecule has 0 aliphatic carbocycles. The molecule has 2 aromatic heterocycles. The smallest absolute Gasteiger partial charge is 0.152 e. The maximum atomic E-state index is 8.89. The van der Waals surface area contributed by atoms with Crippen LogP contribution in [0.4, 0.5) is 0 Å². The van der Waals surface area contributed by atoms with E-state index in [4.69, 9.17) is 16.9 Å². The van der Waals surface area contributed by atoms with E-state index in [0.717, 1.165) is 0 Å². The van der Waals surface area contributed by atoms with Gasteiger partial charge in [-0.25, -0.2) is 0 Å². The molecule has 2 heterocycles. The van der Waals surface area contributed by atoms with Crippen molar-refractivity contribution in [2.75, 3.05) is 0 Å². The number of hydrogen-bond donors (Lipinski definition) is 0. The van der Waals surface area contributed by atoms with Gasteiger partial charge in [0, 0.05) is 11.8 Å². The molecule has 72 valence electrons. The highest BCUT2D eigenvalue weighted by molar-refractivity contribution is 6.29. The van der Waals surface area contributed by atoms with E-state index in [9.17, 15) is 0 Å². The van der Waals surface area contributed by atoms with Crippen molar-refractivity contribution in [3.8, 4) is 17.3 Å². The van der Waals surface area contributed by atoms with Crippen LogP contribution in [-0.4, -0.2) is 15.2 Å². The molecular weight excluding hydrogens is 212 g/mol. The van der Waals surface area contributed by atoms with Crippen LogP contribution in [0.15, 0.2) is 30.6 Å². The lowest BCUT2D eigenvalue weighted by Crippen LogP contribution is -1.90. The van der Waals surface area contributed by atoms with Crippen LogP contribution in [0.1, 0.15) is 5.56 Å². The molecule has 0 N–H and O–H groups in total. The highest BCUT2D eigenvalue weighted by Gasteiger charge is 2.06. The summed E-state index contributed by atoms with van der Waals surface area (Å²) in [5.41, 5.74) is 1.74. The van der Waals surface area contributed by atoms with E-state index in [1.807, 2.05) is 0 Å². The summed E-state index contributed by atoms with van der Waals surface area (Å²) in [5.74, 6) is 0. The Morgan fingerprint density at radius 3 is 3.00 bits per heavy atom. The number of nitriles is 1. The first-order valence-electron chi connectivity index (χ1n) is 4.15. The fraction of sp³-hybridized carbons (Fsp3) is 0. The molecule has 0 spiro atoms. The third kappa shape index (κ3) is 1.92. The number of halogens is 1. The van der Waals surface area contributed by atoms with E-state index < -0.39 is 0 Å². The SMILES string of the molecule is N#Cc1cccnc1-c1cnnc(Cl)c1. The Labute approximate surface area is 91.2 Å². The van der Waals surface area contributed by atoms with Gasteiger partial charge in [-0.05, 0) is 18.2 Å². The molecule has 0 aliphatic rings. The monoisotopic (exact) mass is 216 g/mol. The zero-order chi connectivity index (χ0) is 10.7. The standard InChI is InChI=1S/C10H5ClN4/c11-9-4-8(6-14-15-9)10-7(5-12)2-1-3-13-10/h1-4,6H. The van der Waals surface area contributed by atoms with Gasteiger partial charge >= 0.3 is 0 Å². The summed E-state index contributed by atoms with van der Waals surface area (Å²) >= 11 is 5.71. The molecule has 0 saturated carbocycles. The molecule has 0 radical (unpaired) electrons. The zero-order valence-electron chi connectivity index (χ0n) is 7.55. The summed E-state index contributed by atoms with van der Waals surface area (Å²) in [5, 5.41) is 16.5. The van der Waals surface area contributed by atoms with Crippen molar-refractivity contribution in [3.05, 3.63) is 41.3 Å². The number of rotatable bonds is 1. The van der Waals surface area contributed by atoms with Gasteiger partial charge in [0.2, 0.25) is 0 Å². The Hall–Kier alpha value is -1.99. The third-order valence-electron chi connectivity index (χ3n) is 1.83. The summed E-state index contributed by atoms with van der Waals surface area (Å²) in [6.45, 7) is 0. The number of nitrogens with zero attached hydrogens (tertiary/aromatic N) is 4. The first-order chi connectivity index (χ1) is 7.31. The van der Waals surface area contributed by atoms with Crippen LogP contribution < -0.4 is 0 Å². The second-order valence-corrected chi connectivity index (χ2v) is 3.17. The molecule has 0 saturated heterocycles. The lowest BCUT2D eigenvalue weighted by molar-refractivity contribution is 1.03. The average Bonchev–Trinajstić information content (AvgIpc) is 2.29. The van der Waals surface area contributed by atoms with E-state index in [1.54, 1.807) is 24.4 Å². The van der Waals surface area contributed by atoms with Crippen molar-refractivity contribution in [3.63, 3.8) is 0 Å². The average molecular weight is 217 g/mol. The van der Waals surface area contributed by atoms with Gasteiger partial charge in [0.05, 0.1) is 17.5 Å². The molecular formula is C10H5ClN4. The van der Waals surface area contributed by atoms with Crippen LogP contribution in [0.3, 0.4) is 0 Å². The molecule has 0 unspecified atom stereocenters. The molecule has 2 aromatic rings. The molecule has 0 fully saturated rings. The lowest BCUT2D eigenvalue weighted by Gasteiger charge is -2.01. The first-order valence-corrected chi connectivity index (χ1v) is 4.53. The van der Waals surface area contributed by atoms with Crippen molar-refractivity contribution < 1.29 is 0 Å². The van der Waals surface area contributed by atoms with Gasteiger partial charge in [-0.2, -0.15) is 10.4 Å². The van der Waals surface area contributed by atoms with Crippen molar-refractivity contribution in [1.82, 2.24) is 15.2 Å². The molecule has 4 nitrogen and oxygen atoms in total. The van der Waals surface area contributed by atoms with E-state index >= 15 is 0 Å². The van der Waals surface area contributed by atoms with E-state index in [0.29, 0.717) is 16.8 Å². The van der Waals surface area contributed by atoms with Crippen LogP contribution in [0, 0.1) is 11.3 Å². The summed E-state index contributed by atoms with van der Waals surface area (Å²) < 4.78 is 0. The second kappa shape index (κ2) is 4.03. The minimum Gasteiger partial charge on any atom is -0.255 e. The molecule has 0 aromatic carbocycles. The van der Waals surface area contributed by atoms with Crippen LogP contribution in [-0.2, 0) is 0 Å². The maximum Gasteiger partial charge on any atom is 0.152 e. The predicted octanol–water partition coefficient (Wildman–Crippen LogP) is 2.06. The minimum absolute atomic E-state index is 0.280. The summed E-state index contributed by atoms with van der Waals surface area (Å²) in [6, 6.07) is 7.08. The normalized spacial score (nSPS) is 9.60. The Kier molecular flexibility index (Phi) is 2.57. The molecule has 0 atom stereocenters. The minimum atomic E-state index is 0.280. The largest absolute Gasteiger partial charge is 0.255 e. The predicted molar refractivity (Wildman–Crippen MR) is 55.0 cm³/mol. The topological polar surface area (TPSA) is 62.5 Å². The second-order valence-electron chi connectivity index (χ2n) is 2.78. The number of hydrogen-bond acceptors (Lipinski definition) is 4. The molecule has 5 heteroatoms. The zero-order valence-corrected chi connectivity index (χ0v) is 8.31. The van der Waals surface area contributed by atoms with Crippen LogP contribution in [0.2, 0.25) is 5.15 Å². The van der Waals surface area contributed by atoms with Gasteiger partial charge in [-0.3, -0.25) is 4.98 Å². The van der Waals surface area contributed by atoms with E-state index in [2.05, 4.69) is 21.3 Å². The highest BCUT2D eigenvalue weighted by Crippen LogP contribution is 2.20. The van der Waals surface area contributed by atoms with Crippen LogP contribution in [0.5, 0.6) is 0 Å². The molecule has 15 heavy (non-hydrogen) atoms. The highest BCUT2D eigenvalue weighted by atomic mass is 35.5. The van der Waals surface area contributed by atoms with Gasteiger partial charge in [0.1, 0.15) is 6.07 Å². The number of pyridine rings is 1. The Morgan fingerprint density at radius 2 is 2.27 bits per heavy atom. The Morgan fingerprint density at radius 1 is 1.40 bits per heavy atom. The fourth-order valence-electron chi connectivity index (χ4n) is 1.20. The van der Waals surface area contributed by atoms with Gasteiger partial charge in [0.15, 0.2) is 5.15 Å². The molecule has 2 rings (SSSR count). The first kappa shape index (κ1) is 9.56. The van der Waals surface area contributed by atoms with Crippen molar-refractivity contribution >= 4 is 11.6 Å². The summed E-state index contributed by atoms with van der Waals surface area (Å²) in [4.78, 5) is 4.11. The van der Waals surface area contributed by atoms with E-state index in [1.165, 1.54) is 6.20 Å². The maximum absolute atomic E-state index is 8.89. The Bertz CT molecular complexity index is 533. The summed E-state index contributed by atoms with van der Waals surface area (Å²) in [7, 11) is 0. The van der Waals surface area contributed by atoms with Gasteiger partial charge in [-0.1, -0.05) is 11.6 Å². The van der Waals surface area contributed by atoms with E-state index in [-0.39, 0.29) is 5.15 Å². The van der Waals surface area contributed by atoms with Gasteiger partial charge in [0.25, 0.3) is 0 Å². The van der Waals surface area contributed by atoms with Crippen molar-refractivity contribution in [2.24, 2.45) is 0 Å². The van der Waals surface area contributed by atoms with Crippen molar-refractivity contribution in [2.45, 2.75) is 0 Å². The summed E-state index contributed by atoms with van der Waals surface area (Å²) in [6.07, 6.45) is 3.14. The molecule has 0 amide bonds.